The minimum Gasteiger partial charge on any atom is -0.495 e. The number of nitrogens with zero attached hydrogens (tertiary/aromatic N) is 2. The molecule has 2 aromatic rings. The Morgan fingerprint density at radius 2 is 1.90 bits per heavy atom. The van der Waals surface area contributed by atoms with Gasteiger partial charge in [-0.3, -0.25) is 0 Å². The van der Waals surface area contributed by atoms with Crippen LogP contribution in [-0.2, 0) is 0 Å². The fourth-order valence-electron chi connectivity index (χ4n) is 1.60. The molecule has 0 bridgehead atoms. The minimum atomic E-state index is -1.14. The van der Waals surface area contributed by atoms with Crippen LogP contribution in [0.4, 0.5) is 11.5 Å². The number of nitrogens with one attached hydrogen (secondary N) is 1. The summed E-state index contributed by atoms with van der Waals surface area (Å²) in [5.74, 6) is 0.199. The van der Waals surface area contributed by atoms with E-state index in [0.29, 0.717) is 28.0 Å². The first kappa shape index (κ1) is 14.9. The molecule has 110 valence electrons. The maximum absolute atomic E-state index is 10.7. The molecule has 0 fully saturated rings. The van der Waals surface area contributed by atoms with Crippen LogP contribution in [0.25, 0.3) is 0 Å². The molecule has 1 heterocycles. The normalized spacial score (nSPS) is 10.0. The van der Waals surface area contributed by atoms with Gasteiger partial charge in [0, 0.05) is 6.07 Å². The molecule has 0 amide bonds. The molecule has 0 saturated carbocycles. The summed E-state index contributed by atoms with van der Waals surface area (Å²) < 4.78 is 10.3. The van der Waals surface area contributed by atoms with Gasteiger partial charge in [0.2, 0.25) is 0 Å². The number of hydrogen-bond donors (Lipinski definition) is 2. The van der Waals surface area contributed by atoms with Gasteiger partial charge in [-0.25, -0.2) is 14.8 Å². The van der Waals surface area contributed by atoms with E-state index in [1.807, 2.05) is 0 Å². The molecule has 0 spiro atoms. The van der Waals surface area contributed by atoms with Crippen LogP contribution in [0.15, 0.2) is 24.5 Å². The number of carboxylic acid groups (broad SMARTS) is 1. The Labute approximate surface area is 125 Å². The van der Waals surface area contributed by atoms with E-state index in [1.165, 1.54) is 20.4 Å². The fourth-order valence-corrected chi connectivity index (χ4v) is 1.84. The molecule has 0 atom stereocenters. The smallest absolute Gasteiger partial charge is 0.356 e. The SMILES string of the molecule is COc1cc(OC)c(Nc2cnc(C(=O)O)cn2)cc1Cl. The van der Waals surface area contributed by atoms with Gasteiger partial charge in [-0.05, 0) is 6.07 Å². The van der Waals surface area contributed by atoms with Crippen molar-refractivity contribution in [2.24, 2.45) is 0 Å². The van der Waals surface area contributed by atoms with Crippen LogP contribution < -0.4 is 14.8 Å². The van der Waals surface area contributed by atoms with Gasteiger partial charge in [0.05, 0.1) is 37.3 Å². The van der Waals surface area contributed by atoms with E-state index in [9.17, 15) is 4.79 Å². The van der Waals surface area contributed by atoms with Gasteiger partial charge in [0.15, 0.2) is 5.69 Å². The summed E-state index contributed by atoms with van der Waals surface area (Å²) in [6.07, 6.45) is 2.46. The van der Waals surface area contributed by atoms with Gasteiger partial charge in [-0.15, -0.1) is 0 Å². The molecule has 0 aliphatic carbocycles. The molecule has 0 unspecified atom stereocenters. The number of rotatable bonds is 5. The quantitative estimate of drug-likeness (QED) is 0.876. The van der Waals surface area contributed by atoms with Crippen molar-refractivity contribution in [3.63, 3.8) is 0 Å². The maximum Gasteiger partial charge on any atom is 0.356 e. The van der Waals surface area contributed by atoms with Crippen LogP contribution in [0.3, 0.4) is 0 Å². The number of methoxy groups -OCH3 is 2. The number of hydrogen-bond acceptors (Lipinski definition) is 6. The lowest BCUT2D eigenvalue weighted by molar-refractivity contribution is 0.0690. The summed E-state index contributed by atoms with van der Waals surface area (Å²) in [4.78, 5) is 18.4. The summed E-state index contributed by atoms with van der Waals surface area (Å²) in [5, 5.41) is 12.1. The Morgan fingerprint density at radius 1 is 1.19 bits per heavy atom. The van der Waals surface area contributed by atoms with E-state index in [4.69, 9.17) is 26.2 Å². The van der Waals surface area contributed by atoms with Crippen molar-refractivity contribution in [3.05, 3.63) is 35.2 Å². The number of anilines is 2. The number of halogens is 1. The predicted octanol–water partition coefficient (Wildman–Crippen LogP) is 2.59. The molecular weight excluding hydrogens is 298 g/mol. The molecule has 21 heavy (non-hydrogen) atoms. The summed E-state index contributed by atoms with van der Waals surface area (Å²) in [6, 6.07) is 3.25. The molecular formula is C13H12ClN3O4. The Balaban J connectivity index is 2.30. The Hall–Kier alpha value is -2.54. The zero-order valence-corrected chi connectivity index (χ0v) is 12.0. The molecule has 7 nitrogen and oxygen atoms in total. The lowest BCUT2D eigenvalue weighted by Gasteiger charge is -2.13. The van der Waals surface area contributed by atoms with E-state index in [2.05, 4.69) is 15.3 Å². The monoisotopic (exact) mass is 309 g/mol. The number of aromatic nitrogens is 2. The molecule has 1 aromatic heterocycles. The predicted molar refractivity (Wildman–Crippen MR) is 76.8 cm³/mol. The van der Waals surface area contributed by atoms with Crippen LogP contribution in [-0.4, -0.2) is 35.3 Å². The molecule has 8 heteroatoms. The second-order valence-electron chi connectivity index (χ2n) is 3.90. The number of carboxylic acids is 1. The number of carbonyl (C=O) groups is 1. The van der Waals surface area contributed by atoms with Crippen LogP contribution in [0.5, 0.6) is 11.5 Å². The first-order valence-corrected chi connectivity index (χ1v) is 6.17. The zero-order valence-electron chi connectivity index (χ0n) is 11.3. The maximum atomic E-state index is 10.7. The van der Waals surface area contributed by atoms with E-state index in [0.717, 1.165) is 6.20 Å². The highest BCUT2D eigenvalue weighted by molar-refractivity contribution is 6.32. The molecule has 0 radical (unpaired) electrons. The molecule has 0 saturated heterocycles. The van der Waals surface area contributed by atoms with Gasteiger partial charge in [0.1, 0.15) is 17.3 Å². The largest absolute Gasteiger partial charge is 0.495 e. The van der Waals surface area contributed by atoms with Crippen molar-refractivity contribution in [2.45, 2.75) is 0 Å². The topological polar surface area (TPSA) is 93.6 Å². The Bertz CT molecular complexity index is 661. The van der Waals surface area contributed by atoms with Crippen molar-refractivity contribution in [1.82, 2.24) is 9.97 Å². The molecule has 2 N–H and O–H groups in total. The standard InChI is InChI=1S/C13H12ClN3O4/c1-20-10-4-11(21-2)8(3-7(10)14)17-12-6-15-9(5-16-12)13(18)19/h3-6H,1-2H3,(H,16,17)(H,18,19). The van der Waals surface area contributed by atoms with E-state index in [-0.39, 0.29) is 5.69 Å². The highest BCUT2D eigenvalue weighted by atomic mass is 35.5. The van der Waals surface area contributed by atoms with Gasteiger partial charge < -0.3 is 19.9 Å². The van der Waals surface area contributed by atoms with Crippen molar-refractivity contribution in [2.75, 3.05) is 19.5 Å². The number of aromatic carboxylic acids is 1. The molecule has 1 aromatic carbocycles. The Kier molecular flexibility index (Phi) is 4.44. The highest BCUT2D eigenvalue weighted by Crippen LogP contribution is 2.36. The first-order chi connectivity index (χ1) is 10.0. The first-order valence-electron chi connectivity index (χ1n) is 5.79. The van der Waals surface area contributed by atoms with Crippen molar-refractivity contribution in [3.8, 4) is 11.5 Å². The van der Waals surface area contributed by atoms with Crippen LogP contribution in [0.1, 0.15) is 10.5 Å². The average molecular weight is 310 g/mol. The summed E-state index contributed by atoms with van der Waals surface area (Å²) >= 11 is 6.06. The third-order valence-corrected chi connectivity index (χ3v) is 2.90. The van der Waals surface area contributed by atoms with Crippen molar-refractivity contribution >= 4 is 29.1 Å². The zero-order chi connectivity index (χ0) is 15.4. The van der Waals surface area contributed by atoms with Crippen LogP contribution in [0, 0.1) is 0 Å². The Morgan fingerprint density at radius 3 is 2.43 bits per heavy atom. The van der Waals surface area contributed by atoms with Crippen molar-refractivity contribution in [1.29, 1.82) is 0 Å². The van der Waals surface area contributed by atoms with Gasteiger partial charge in [0.25, 0.3) is 0 Å². The number of benzene rings is 1. The van der Waals surface area contributed by atoms with Crippen LogP contribution in [0.2, 0.25) is 5.02 Å². The fraction of sp³-hybridized carbons (Fsp3) is 0.154. The lowest BCUT2D eigenvalue weighted by atomic mass is 10.2. The van der Waals surface area contributed by atoms with Crippen molar-refractivity contribution < 1.29 is 19.4 Å². The molecule has 2 rings (SSSR count). The third kappa shape index (κ3) is 3.32. The van der Waals surface area contributed by atoms with Crippen LogP contribution >= 0.6 is 11.6 Å². The van der Waals surface area contributed by atoms with E-state index in [1.54, 1.807) is 12.1 Å². The van der Waals surface area contributed by atoms with E-state index >= 15 is 0 Å². The second-order valence-corrected chi connectivity index (χ2v) is 4.31. The highest BCUT2D eigenvalue weighted by Gasteiger charge is 2.11. The van der Waals surface area contributed by atoms with E-state index < -0.39 is 5.97 Å². The van der Waals surface area contributed by atoms with Gasteiger partial charge >= 0.3 is 5.97 Å². The van der Waals surface area contributed by atoms with Gasteiger partial charge in [-0.1, -0.05) is 11.6 Å². The molecule has 0 aliphatic rings. The average Bonchev–Trinajstić information content (AvgIpc) is 2.48. The minimum absolute atomic E-state index is 0.139. The summed E-state index contributed by atoms with van der Waals surface area (Å²) in [5.41, 5.74) is 0.418. The number of ether oxygens (including phenoxy) is 2. The summed E-state index contributed by atoms with van der Waals surface area (Å²) in [7, 11) is 3.01. The van der Waals surface area contributed by atoms with Gasteiger partial charge in [-0.2, -0.15) is 0 Å². The lowest BCUT2D eigenvalue weighted by Crippen LogP contribution is -2.03. The second kappa shape index (κ2) is 6.27. The molecule has 0 aliphatic heterocycles. The summed E-state index contributed by atoms with van der Waals surface area (Å²) in [6.45, 7) is 0. The third-order valence-electron chi connectivity index (χ3n) is 2.61.